The van der Waals surface area contributed by atoms with Crippen molar-refractivity contribution in [3.05, 3.63) is 52.9 Å². The van der Waals surface area contributed by atoms with Crippen molar-refractivity contribution >= 4 is 11.0 Å². The molecule has 0 radical (unpaired) electrons. The first-order valence-electron chi connectivity index (χ1n) is 9.74. The number of ether oxygens (including phenoxy) is 3. The molecule has 10 nitrogen and oxygen atoms in total. The van der Waals surface area contributed by atoms with Crippen LogP contribution in [0.3, 0.4) is 0 Å². The maximum atomic E-state index is 13.3. The lowest BCUT2D eigenvalue weighted by Crippen LogP contribution is -2.60. The monoisotopic (exact) mass is 446 g/mol. The van der Waals surface area contributed by atoms with Crippen LogP contribution in [0.15, 0.2) is 51.9 Å². The fourth-order valence-corrected chi connectivity index (χ4v) is 3.53. The van der Waals surface area contributed by atoms with Gasteiger partial charge in [0.25, 0.3) is 0 Å². The highest BCUT2D eigenvalue weighted by Gasteiger charge is 2.45. The van der Waals surface area contributed by atoms with Gasteiger partial charge in [-0.05, 0) is 17.7 Å². The molecule has 3 aromatic rings. The van der Waals surface area contributed by atoms with Crippen molar-refractivity contribution in [1.82, 2.24) is 0 Å². The molecule has 1 aromatic heterocycles. The predicted octanol–water partition coefficient (Wildman–Crippen LogP) is 0.353. The van der Waals surface area contributed by atoms with Crippen LogP contribution in [-0.4, -0.2) is 70.0 Å². The third kappa shape index (κ3) is 3.90. The molecule has 0 saturated carbocycles. The third-order valence-corrected chi connectivity index (χ3v) is 5.32. The van der Waals surface area contributed by atoms with Crippen LogP contribution >= 0.6 is 0 Å². The largest absolute Gasteiger partial charge is 0.508 e. The van der Waals surface area contributed by atoms with Crippen LogP contribution in [0.5, 0.6) is 17.2 Å². The molecule has 5 unspecified atom stereocenters. The molecule has 4 rings (SSSR count). The standard InChI is InChI=1S/C22H22O10/c1-29-12-6-14-17(18(25)13(9-30-14)10-2-4-11(24)5-3-10)15(7-12)31-22-21(28)20(27)19(26)16(8-23)32-22/h2-7,9,16,19-24,26-28H,8H2,1H3. The number of phenols is 1. The molecule has 170 valence electrons. The molecule has 1 aliphatic rings. The molecule has 10 heteroatoms. The molecule has 0 aliphatic carbocycles. The molecule has 0 bridgehead atoms. The Balaban J connectivity index is 1.81. The zero-order valence-electron chi connectivity index (χ0n) is 16.9. The molecule has 2 aromatic carbocycles. The second kappa shape index (κ2) is 8.77. The van der Waals surface area contributed by atoms with Crippen molar-refractivity contribution in [3.63, 3.8) is 0 Å². The van der Waals surface area contributed by atoms with Gasteiger partial charge < -0.3 is 44.2 Å². The van der Waals surface area contributed by atoms with E-state index in [1.807, 2.05) is 0 Å². The summed E-state index contributed by atoms with van der Waals surface area (Å²) in [7, 11) is 1.40. The molecule has 2 heterocycles. The van der Waals surface area contributed by atoms with Crippen LogP contribution in [0.1, 0.15) is 0 Å². The van der Waals surface area contributed by atoms with E-state index in [2.05, 4.69) is 0 Å². The Labute approximate surface area is 181 Å². The smallest absolute Gasteiger partial charge is 0.229 e. The van der Waals surface area contributed by atoms with Gasteiger partial charge in [0, 0.05) is 12.1 Å². The van der Waals surface area contributed by atoms with E-state index in [1.165, 1.54) is 37.6 Å². The number of rotatable bonds is 5. The number of phenolic OH excluding ortho intramolecular Hbond substituents is 1. The molecular weight excluding hydrogens is 424 g/mol. The number of hydrogen-bond donors (Lipinski definition) is 5. The SMILES string of the molecule is COc1cc(OC2OC(CO)C(O)C(O)C2O)c2c(=O)c(-c3ccc(O)cc3)coc2c1. The van der Waals surface area contributed by atoms with Crippen molar-refractivity contribution in [2.75, 3.05) is 13.7 Å². The van der Waals surface area contributed by atoms with Crippen molar-refractivity contribution in [2.24, 2.45) is 0 Å². The van der Waals surface area contributed by atoms with Crippen LogP contribution in [0.25, 0.3) is 22.1 Å². The molecule has 1 fully saturated rings. The number of aliphatic hydroxyl groups excluding tert-OH is 4. The Morgan fingerprint density at radius 2 is 1.75 bits per heavy atom. The highest BCUT2D eigenvalue weighted by Crippen LogP contribution is 2.34. The van der Waals surface area contributed by atoms with Gasteiger partial charge in [-0.25, -0.2) is 0 Å². The summed E-state index contributed by atoms with van der Waals surface area (Å²) < 4.78 is 22.0. The molecule has 1 aliphatic heterocycles. The van der Waals surface area contributed by atoms with Gasteiger partial charge in [0.1, 0.15) is 58.9 Å². The van der Waals surface area contributed by atoms with Crippen LogP contribution in [0.4, 0.5) is 0 Å². The number of benzene rings is 2. The second-order valence-corrected chi connectivity index (χ2v) is 7.34. The second-order valence-electron chi connectivity index (χ2n) is 7.34. The lowest BCUT2D eigenvalue weighted by atomic mass is 9.99. The normalized spacial score (nSPS) is 25.6. The first kappa shape index (κ1) is 22.1. The van der Waals surface area contributed by atoms with E-state index in [0.29, 0.717) is 5.56 Å². The number of hydrogen-bond acceptors (Lipinski definition) is 10. The maximum absolute atomic E-state index is 13.3. The average molecular weight is 446 g/mol. The van der Waals surface area contributed by atoms with Crippen LogP contribution in [0, 0.1) is 0 Å². The van der Waals surface area contributed by atoms with E-state index in [9.17, 15) is 30.3 Å². The molecule has 5 atom stereocenters. The Hall–Kier alpha value is -3.15. The fourth-order valence-electron chi connectivity index (χ4n) is 3.53. The lowest BCUT2D eigenvalue weighted by molar-refractivity contribution is -0.277. The summed E-state index contributed by atoms with van der Waals surface area (Å²) >= 11 is 0. The van der Waals surface area contributed by atoms with Crippen molar-refractivity contribution in [1.29, 1.82) is 0 Å². The van der Waals surface area contributed by atoms with Gasteiger partial charge in [-0.15, -0.1) is 0 Å². The van der Waals surface area contributed by atoms with Crippen LogP contribution < -0.4 is 14.9 Å². The van der Waals surface area contributed by atoms with Crippen LogP contribution in [-0.2, 0) is 4.74 Å². The summed E-state index contributed by atoms with van der Waals surface area (Å²) in [5.41, 5.74) is 0.366. The summed E-state index contributed by atoms with van der Waals surface area (Å²) in [6.07, 6.45) is -6.28. The van der Waals surface area contributed by atoms with E-state index in [4.69, 9.17) is 18.6 Å². The minimum absolute atomic E-state index is 0.0216. The fraction of sp³-hybridized carbons (Fsp3) is 0.318. The van der Waals surface area contributed by atoms with Gasteiger partial charge in [-0.1, -0.05) is 12.1 Å². The van der Waals surface area contributed by atoms with E-state index < -0.39 is 42.7 Å². The molecule has 5 N–H and O–H groups in total. The van der Waals surface area contributed by atoms with Crippen LogP contribution in [0.2, 0.25) is 0 Å². The first-order valence-corrected chi connectivity index (χ1v) is 9.74. The van der Waals surface area contributed by atoms with Crippen molar-refractivity contribution < 1.29 is 44.2 Å². The molecule has 32 heavy (non-hydrogen) atoms. The van der Waals surface area contributed by atoms with Gasteiger partial charge >= 0.3 is 0 Å². The van der Waals surface area contributed by atoms with Gasteiger partial charge in [0.15, 0.2) is 0 Å². The Morgan fingerprint density at radius 1 is 1.03 bits per heavy atom. The zero-order chi connectivity index (χ0) is 23.0. The Morgan fingerprint density at radius 3 is 2.41 bits per heavy atom. The number of fused-ring (bicyclic) bond motifs is 1. The lowest BCUT2D eigenvalue weighted by Gasteiger charge is -2.39. The zero-order valence-corrected chi connectivity index (χ0v) is 16.9. The Bertz CT molecular complexity index is 1150. The highest BCUT2D eigenvalue weighted by molar-refractivity contribution is 5.88. The average Bonchev–Trinajstić information content (AvgIpc) is 2.80. The number of methoxy groups -OCH3 is 1. The minimum Gasteiger partial charge on any atom is -0.508 e. The first-order chi connectivity index (χ1) is 15.3. The van der Waals surface area contributed by atoms with Crippen molar-refractivity contribution in [2.45, 2.75) is 30.7 Å². The predicted molar refractivity (Wildman–Crippen MR) is 111 cm³/mol. The van der Waals surface area contributed by atoms with E-state index in [0.717, 1.165) is 0 Å². The third-order valence-electron chi connectivity index (χ3n) is 5.32. The summed E-state index contributed by atoms with van der Waals surface area (Å²) in [5, 5.41) is 49.2. The summed E-state index contributed by atoms with van der Waals surface area (Å²) in [6.45, 7) is -0.628. The quantitative estimate of drug-likeness (QED) is 0.370. The summed E-state index contributed by atoms with van der Waals surface area (Å²) in [5.74, 6) is 0.269. The molecule has 0 amide bonds. The highest BCUT2D eigenvalue weighted by atomic mass is 16.7. The van der Waals surface area contributed by atoms with Gasteiger partial charge in [-0.3, -0.25) is 4.79 Å². The van der Waals surface area contributed by atoms with E-state index >= 15 is 0 Å². The van der Waals surface area contributed by atoms with E-state index in [-0.39, 0.29) is 33.8 Å². The summed E-state index contributed by atoms with van der Waals surface area (Å²) in [4.78, 5) is 13.3. The number of aliphatic hydroxyl groups is 4. The molecular formula is C22H22O10. The molecule has 0 spiro atoms. The van der Waals surface area contributed by atoms with Gasteiger partial charge in [-0.2, -0.15) is 0 Å². The van der Waals surface area contributed by atoms with Gasteiger partial charge in [0.2, 0.25) is 11.7 Å². The number of aromatic hydroxyl groups is 1. The summed E-state index contributed by atoms with van der Waals surface area (Å²) in [6, 6.07) is 8.83. The topological polar surface area (TPSA) is 159 Å². The minimum atomic E-state index is -1.67. The molecule has 1 saturated heterocycles. The van der Waals surface area contributed by atoms with Gasteiger partial charge in [0.05, 0.1) is 19.3 Å². The van der Waals surface area contributed by atoms with Crippen molar-refractivity contribution in [3.8, 4) is 28.4 Å². The Kier molecular flexibility index (Phi) is 6.04. The maximum Gasteiger partial charge on any atom is 0.229 e. The van der Waals surface area contributed by atoms with E-state index in [1.54, 1.807) is 12.1 Å².